The number of urea groups is 1. The van der Waals surface area contributed by atoms with Crippen LogP contribution in [0.3, 0.4) is 0 Å². The van der Waals surface area contributed by atoms with Gasteiger partial charge in [-0.1, -0.05) is 78.9 Å². The molecule has 0 radical (unpaired) electrons. The first kappa shape index (κ1) is 26.1. The minimum atomic E-state index is -0.363. The van der Waals surface area contributed by atoms with Crippen LogP contribution in [0.4, 0.5) is 16.4 Å². The highest BCUT2D eigenvalue weighted by Crippen LogP contribution is 2.29. The molecule has 4 aromatic rings. The molecule has 1 aliphatic rings. The number of rotatable bonds is 5. The molecule has 1 saturated heterocycles. The number of hydrogen-bond acceptors (Lipinski definition) is 5. The summed E-state index contributed by atoms with van der Waals surface area (Å²) in [4.78, 5) is 31.2. The van der Waals surface area contributed by atoms with Crippen LogP contribution in [-0.4, -0.2) is 57.9 Å². The topological polar surface area (TPSA) is 85.7 Å². The number of piperazine rings is 1. The van der Waals surface area contributed by atoms with Gasteiger partial charge in [-0.3, -0.25) is 10.2 Å². The summed E-state index contributed by atoms with van der Waals surface area (Å²) in [6.45, 7) is 6.78. The largest absolute Gasteiger partial charge is 0.340 e. The number of nitrogens with one attached hydrogen (secondary N) is 2. The van der Waals surface area contributed by atoms with Crippen molar-refractivity contribution in [2.24, 2.45) is 4.99 Å². The number of benzene rings is 3. The molecule has 2 heterocycles. The van der Waals surface area contributed by atoms with Gasteiger partial charge in [0.25, 0.3) is 5.95 Å². The fraction of sp³-hybridized carbons (Fsp3) is 0.226. The second kappa shape index (κ2) is 12.3. The lowest BCUT2D eigenvalue weighted by atomic mass is 9.96. The summed E-state index contributed by atoms with van der Waals surface area (Å²) in [6, 6.07) is 32.2. The summed E-state index contributed by atoms with van der Waals surface area (Å²) in [5.41, 5.74) is 4.88. The number of carbonyl (C=O) groups is 1. The van der Waals surface area contributed by atoms with Crippen LogP contribution in [0.2, 0.25) is 0 Å². The molecule has 0 atom stereocenters. The molecule has 2 N–H and O–H groups in total. The van der Waals surface area contributed by atoms with Crippen molar-refractivity contribution in [1.82, 2.24) is 25.1 Å². The molecule has 2 amide bonds. The second-order valence-corrected chi connectivity index (χ2v) is 9.58. The van der Waals surface area contributed by atoms with Crippen LogP contribution in [0, 0.1) is 13.8 Å². The highest BCUT2D eigenvalue weighted by molar-refractivity contribution is 6.02. The minimum absolute atomic E-state index is 0.145. The zero-order valence-corrected chi connectivity index (χ0v) is 22.3. The molecule has 0 aliphatic carbocycles. The van der Waals surface area contributed by atoms with E-state index in [-0.39, 0.29) is 12.1 Å². The third kappa shape index (κ3) is 6.86. The number of nitrogens with zero attached hydrogens (tertiary/aromatic N) is 5. The van der Waals surface area contributed by atoms with Gasteiger partial charge < -0.3 is 10.2 Å². The van der Waals surface area contributed by atoms with E-state index in [0.29, 0.717) is 30.7 Å². The van der Waals surface area contributed by atoms with Crippen molar-refractivity contribution in [3.05, 3.63) is 120 Å². The zero-order valence-electron chi connectivity index (χ0n) is 22.3. The average Bonchev–Trinajstić information content (AvgIpc) is 2.94. The van der Waals surface area contributed by atoms with E-state index >= 15 is 0 Å². The number of aryl methyl sites for hydroxylation is 2. The van der Waals surface area contributed by atoms with Crippen LogP contribution in [-0.2, 0) is 0 Å². The van der Waals surface area contributed by atoms with Gasteiger partial charge in [0.2, 0.25) is 5.96 Å². The SMILES string of the molecule is Cc1cc(C)nc(/N=C(/NC(=O)Nc2ccccc2)N2CCN(C(c3ccccc3)c3ccccc3)CC2)n1. The van der Waals surface area contributed by atoms with Crippen LogP contribution in [0.1, 0.15) is 28.6 Å². The summed E-state index contributed by atoms with van der Waals surface area (Å²) < 4.78 is 0. The lowest BCUT2D eigenvalue weighted by Crippen LogP contribution is -2.54. The first-order valence-corrected chi connectivity index (χ1v) is 13.2. The van der Waals surface area contributed by atoms with E-state index in [1.807, 2.05) is 62.4 Å². The molecule has 3 aromatic carbocycles. The van der Waals surface area contributed by atoms with Crippen molar-refractivity contribution in [2.75, 3.05) is 31.5 Å². The number of para-hydroxylation sites is 1. The van der Waals surface area contributed by atoms with Gasteiger partial charge in [-0.2, -0.15) is 4.99 Å². The Hall–Kier alpha value is -4.56. The Labute approximate surface area is 229 Å². The maximum Gasteiger partial charge on any atom is 0.326 e. The lowest BCUT2D eigenvalue weighted by Gasteiger charge is -2.40. The highest BCUT2D eigenvalue weighted by atomic mass is 16.2. The predicted molar refractivity (Wildman–Crippen MR) is 155 cm³/mol. The minimum Gasteiger partial charge on any atom is -0.340 e. The van der Waals surface area contributed by atoms with Gasteiger partial charge in [-0.05, 0) is 43.2 Å². The molecule has 1 fully saturated rings. The highest BCUT2D eigenvalue weighted by Gasteiger charge is 2.28. The van der Waals surface area contributed by atoms with Crippen molar-refractivity contribution in [3.8, 4) is 0 Å². The van der Waals surface area contributed by atoms with Gasteiger partial charge >= 0.3 is 6.03 Å². The quantitative estimate of drug-likeness (QED) is 0.276. The molecule has 0 bridgehead atoms. The van der Waals surface area contributed by atoms with Crippen molar-refractivity contribution in [3.63, 3.8) is 0 Å². The number of hydrogen-bond donors (Lipinski definition) is 2. The first-order valence-electron chi connectivity index (χ1n) is 13.2. The van der Waals surface area contributed by atoms with Crippen LogP contribution >= 0.6 is 0 Å². The molecule has 39 heavy (non-hydrogen) atoms. The third-order valence-electron chi connectivity index (χ3n) is 6.64. The van der Waals surface area contributed by atoms with E-state index in [2.05, 4.69) is 78.9 Å². The molecule has 1 aromatic heterocycles. The first-order chi connectivity index (χ1) is 19.0. The van der Waals surface area contributed by atoms with Gasteiger partial charge in [0.05, 0.1) is 6.04 Å². The monoisotopic (exact) mass is 519 g/mol. The number of aromatic nitrogens is 2. The number of carbonyl (C=O) groups excluding carboxylic acids is 1. The number of aliphatic imine (C=N–C) groups is 1. The molecular formula is C31H33N7O. The second-order valence-electron chi connectivity index (χ2n) is 9.58. The molecule has 1 aliphatic heterocycles. The summed E-state index contributed by atoms with van der Waals surface area (Å²) >= 11 is 0. The van der Waals surface area contributed by atoms with Crippen molar-refractivity contribution in [2.45, 2.75) is 19.9 Å². The molecule has 0 saturated carbocycles. The van der Waals surface area contributed by atoms with Crippen LogP contribution in [0.25, 0.3) is 0 Å². The molecular weight excluding hydrogens is 486 g/mol. The summed E-state index contributed by atoms with van der Waals surface area (Å²) in [5.74, 6) is 0.764. The van der Waals surface area contributed by atoms with Crippen LogP contribution < -0.4 is 10.6 Å². The van der Waals surface area contributed by atoms with Crippen molar-refractivity contribution < 1.29 is 4.79 Å². The normalized spacial score (nSPS) is 14.3. The van der Waals surface area contributed by atoms with Gasteiger partial charge in [0, 0.05) is 43.3 Å². The molecule has 0 unspecified atom stereocenters. The smallest absolute Gasteiger partial charge is 0.326 e. The molecule has 0 spiro atoms. The third-order valence-corrected chi connectivity index (χ3v) is 6.64. The number of amides is 2. The fourth-order valence-electron chi connectivity index (χ4n) is 4.89. The van der Waals surface area contributed by atoms with Gasteiger partial charge in [0.15, 0.2) is 0 Å². The van der Waals surface area contributed by atoms with Gasteiger partial charge in [-0.15, -0.1) is 0 Å². The number of anilines is 1. The summed E-state index contributed by atoms with van der Waals surface area (Å²) in [6.07, 6.45) is 0. The maximum absolute atomic E-state index is 13.0. The predicted octanol–water partition coefficient (Wildman–Crippen LogP) is 5.31. The van der Waals surface area contributed by atoms with Gasteiger partial charge in [-0.25, -0.2) is 14.8 Å². The zero-order chi connectivity index (χ0) is 27.0. The molecule has 5 rings (SSSR count). The Morgan fingerprint density at radius 3 is 1.82 bits per heavy atom. The van der Waals surface area contributed by atoms with E-state index in [4.69, 9.17) is 4.99 Å². The standard InChI is InChI=1S/C31H33N7O/c1-23-22-24(2)33-29(32-23)35-30(36-31(39)34-27-16-10-5-11-17-27)38-20-18-37(19-21-38)28(25-12-6-3-7-13-25)26-14-8-4-9-15-26/h3-17,22,28H,18-21H2,1-2H3,(H2,32,33,34,35,36,39). The Morgan fingerprint density at radius 1 is 0.769 bits per heavy atom. The number of guanidine groups is 1. The average molecular weight is 520 g/mol. The van der Waals surface area contributed by atoms with E-state index in [1.165, 1.54) is 11.1 Å². The van der Waals surface area contributed by atoms with E-state index in [0.717, 1.165) is 24.5 Å². The Balaban J connectivity index is 1.37. The van der Waals surface area contributed by atoms with Crippen molar-refractivity contribution in [1.29, 1.82) is 0 Å². The van der Waals surface area contributed by atoms with Crippen molar-refractivity contribution >= 4 is 23.6 Å². The van der Waals surface area contributed by atoms with E-state index in [1.54, 1.807) is 0 Å². The van der Waals surface area contributed by atoms with Crippen LogP contribution in [0.15, 0.2) is 102 Å². The summed E-state index contributed by atoms with van der Waals surface area (Å²) in [7, 11) is 0. The lowest BCUT2D eigenvalue weighted by molar-refractivity contribution is 0.148. The Morgan fingerprint density at radius 2 is 1.28 bits per heavy atom. The molecule has 8 heteroatoms. The van der Waals surface area contributed by atoms with Gasteiger partial charge in [0.1, 0.15) is 0 Å². The molecule has 198 valence electrons. The summed E-state index contributed by atoms with van der Waals surface area (Å²) in [5, 5.41) is 5.84. The van der Waals surface area contributed by atoms with E-state index < -0.39 is 0 Å². The molecule has 8 nitrogen and oxygen atoms in total. The van der Waals surface area contributed by atoms with Crippen LogP contribution in [0.5, 0.6) is 0 Å². The van der Waals surface area contributed by atoms with E-state index in [9.17, 15) is 4.79 Å². The maximum atomic E-state index is 13.0. The Kier molecular flexibility index (Phi) is 8.23. The Bertz CT molecular complexity index is 1340. The fourth-order valence-corrected chi connectivity index (χ4v) is 4.89.